The second-order valence-corrected chi connectivity index (χ2v) is 3.01. The molecule has 0 saturated heterocycles. The topological polar surface area (TPSA) is 49.3 Å². The lowest BCUT2D eigenvalue weighted by Gasteiger charge is -2.13. The van der Waals surface area contributed by atoms with Crippen molar-refractivity contribution in [3.63, 3.8) is 0 Å². The zero-order chi connectivity index (χ0) is 9.68. The van der Waals surface area contributed by atoms with E-state index in [2.05, 4.69) is 5.32 Å². The molecule has 0 saturated carbocycles. The Morgan fingerprint density at radius 3 is 2.92 bits per heavy atom. The van der Waals surface area contributed by atoms with Gasteiger partial charge in [0.1, 0.15) is 0 Å². The molecule has 1 atom stereocenters. The Balaban J connectivity index is 2.84. The third kappa shape index (κ3) is 2.72. The molecule has 0 radical (unpaired) electrons. The van der Waals surface area contributed by atoms with Gasteiger partial charge >= 0.3 is 0 Å². The van der Waals surface area contributed by atoms with Crippen molar-refractivity contribution >= 4 is 18.0 Å². The number of halogens is 1. The fraction of sp³-hybridized carbons (Fsp3) is 0.222. The minimum atomic E-state index is -0.379. The lowest BCUT2D eigenvalue weighted by Crippen LogP contribution is -2.22. The van der Waals surface area contributed by atoms with E-state index >= 15 is 0 Å². The molecule has 4 heteroatoms. The van der Waals surface area contributed by atoms with Gasteiger partial charge in [0.05, 0.1) is 12.6 Å². The van der Waals surface area contributed by atoms with Crippen molar-refractivity contribution in [3.8, 4) is 0 Å². The summed E-state index contributed by atoms with van der Waals surface area (Å²) in [7, 11) is 0. The zero-order valence-electron chi connectivity index (χ0n) is 6.90. The van der Waals surface area contributed by atoms with E-state index in [1.807, 2.05) is 0 Å². The van der Waals surface area contributed by atoms with Gasteiger partial charge in [-0.25, -0.2) is 0 Å². The van der Waals surface area contributed by atoms with Gasteiger partial charge in [0, 0.05) is 5.02 Å². The molecule has 0 aliphatic heterocycles. The Morgan fingerprint density at radius 1 is 1.62 bits per heavy atom. The molecule has 1 aromatic carbocycles. The molecule has 13 heavy (non-hydrogen) atoms. The second kappa shape index (κ2) is 4.84. The predicted molar refractivity (Wildman–Crippen MR) is 50.5 cm³/mol. The molecular formula is C9H10ClNO2. The van der Waals surface area contributed by atoms with Crippen molar-refractivity contribution in [1.82, 2.24) is 5.32 Å². The van der Waals surface area contributed by atoms with E-state index in [1.54, 1.807) is 24.3 Å². The van der Waals surface area contributed by atoms with Crippen molar-refractivity contribution in [2.24, 2.45) is 0 Å². The van der Waals surface area contributed by atoms with E-state index in [-0.39, 0.29) is 12.6 Å². The van der Waals surface area contributed by atoms with Gasteiger partial charge < -0.3 is 10.4 Å². The molecule has 0 spiro atoms. The first-order valence-corrected chi connectivity index (χ1v) is 4.21. The summed E-state index contributed by atoms with van der Waals surface area (Å²) in [6.45, 7) is -0.140. The molecular weight excluding hydrogens is 190 g/mol. The molecule has 0 heterocycles. The van der Waals surface area contributed by atoms with Gasteiger partial charge in [0.2, 0.25) is 6.41 Å². The van der Waals surface area contributed by atoms with Crippen molar-refractivity contribution in [3.05, 3.63) is 34.9 Å². The van der Waals surface area contributed by atoms with Crippen LogP contribution in [0.3, 0.4) is 0 Å². The lowest BCUT2D eigenvalue weighted by molar-refractivity contribution is -0.110. The van der Waals surface area contributed by atoms with Crippen LogP contribution in [0.1, 0.15) is 11.6 Å². The first-order valence-electron chi connectivity index (χ1n) is 3.84. The van der Waals surface area contributed by atoms with Crippen molar-refractivity contribution < 1.29 is 9.90 Å². The quantitative estimate of drug-likeness (QED) is 0.714. The van der Waals surface area contributed by atoms with Crippen LogP contribution in [-0.2, 0) is 4.79 Å². The Bertz CT molecular complexity index is 291. The summed E-state index contributed by atoms with van der Waals surface area (Å²) in [5.41, 5.74) is 0.794. The van der Waals surface area contributed by atoms with Gasteiger partial charge in [-0.15, -0.1) is 0 Å². The largest absolute Gasteiger partial charge is 0.394 e. The highest BCUT2D eigenvalue weighted by atomic mass is 35.5. The van der Waals surface area contributed by atoms with E-state index in [9.17, 15) is 4.79 Å². The van der Waals surface area contributed by atoms with Crippen LogP contribution in [0.2, 0.25) is 5.02 Å². The van der Waals surface area contributed by atoms with Crippen LogP contribution in [0.25, 0.3) is 0 Å². The minimum absolute atomic E-state index is 0.140. The van der Waals surface area contributed by atoms with Crippen LogP contribution in [0.5, 0.6) is 0 Å². The second-order valence-electron chi connectivity index (χ2n) is 2.57. The highest BCUT2D eigenvalue weighted by Gasteiger charge is 2.08. The third-order valence-electron chi connectivity index (χ3n) is 1.70. The number of rotatable bonds is 4. The molecule has 0 bridgehead atoms. The van der Waals surface area contributed by atoms with E-state index in [0.29, 0.717) is 11.4 Å². The molecule has 0 fully saturated rings. The number of hydrogen-bond donors (Lipinski definition) is 2. The third-order valence-corrected chi connectivity index (χ3v) is 1.94. The van der Waals surface area contributed by atoms with Gasteiger partial charge in [-0.05, 0) is 17.7 Å². The Labute approximate surface area is 81.3 Å². The molecule has 1 rings (SSSR count). The highest BCUT2D eigenvalue weighted by molar-refractivity contribution is 6.30. The number of aliphatic hydroxyl groups excluding tert-OH is 1. The van der Waals surface area contributed by atoms with E-state index < -0.39 is 0 Å². The van der Waals surface area contributed by atoms with Gasteiger partial charge in [0.25, 0.3) is 0 Å². The van der Waals surface area contributed by atoms with Crippen molar-refractivity contribution in [1.29, 1.82) is 0 Å². The number of carbonyl (C=O) groups excluding carboxylic acids is 1. The van der Waals surface area contributed by atoms with Gasteiger partial charge in [0.15, 0.2) is 0 Å². The Morgan fingerprint density at radius 2 is 2.38 bits per heavy atom. The molecule has 0 aliphatic rings. The maximum absolute atomic E-state index is 10.2. The molecule has 0 aromatic heterocycles. The monoisotopic (exact) mass is 199 g/mol. The first-order chi connectivity index (χ1) is 6.27. The summed E-state index contributed by atoms with van der Waals surface area (Å²) >= 11 is 5.75. The minimum Gasteiger partial charge on any atom is -0.394 e. The standard InChI is InChI=1S/C9H10ClNO2/c10-8-3-1-2-7(4-8)9(5-12)11-6-13/h1-4,6,9,12H,5H2,(H,11,13). The molecule has 0 aliphatic carbocycles. The Hall–Kier alpha value is -1.06. The van der Waals surface area contributed by atoms with Gasteiger partial charge in [-0.2, -0.15) is 0 Å². The number of hydrogen-bond acceptors (Lipinski definition) is 2. The average molecular weight is 200 g/mol. The fourth-order valence-corrected chi connectivity index (χ4v) is 1.26. The van der Waals surface area contributed by atoms with E-state index in [0.717, 1.165) is 5.56 Å². The molecule has 2 N–H and O–H groups in total. The van der Waals surface area contributed by atoms with Gasteiger partial charge in [-0.3, -0.25) is 4.79 Å². The molecule has 70 valence electrons. The summed E-state index contributed by atoms with van der Waals surface area (Å²) in [6.07, 6.45) is 0.557. The SMILES string of the molecule is O=CNC(CO)c1cccc(Cl)c1. The Kier molecular flexibility index (Phi) is 3.73. The average Bonchev–Trinajstić information content (AvgIpc) is 2.14. The van der Waals surface area contributed by atoms with Gasteiger partial charge in [-0.1, -0.05) is 23.7 Å². The van der Waals surface area contributed by atoms with Crippen LogP contribution in [0.4, 0.5) is 0 Å². The van der Waals surface area contributed by atoms with E-state index in [1.165, 1.54) is 0 Å². The van der Waals surface area contributed by atoms with Crippen LogP contribution < -0.4 is 5.32 Å². The van der Waals surface area contributed by atoms with Crippen molar-refractivity contribution in [2.75, 3.05) is 6.61 Å². The maximum atomic E-state index is 10.2. The highest BCUT2D eigenvalue weighted by Crippen LogP contribution is 2.16. The number of carbonyl (C=O) groups is 1. The van der Waals surface area contributed by atoms with Crippen LogP contribution in [-0.4, -0.2) is 18.1 Å². The lowest BCUT2D eigenvalue weighted by atomic mass is 10.1. The molecule has 1 amide bonds. The predicted octanol–water partition coefficient (Wildman–Crippen LogP) is 1.12. The number of nitrogens with one attached hydrogen (secondary N) is 1. The normalized spacial score (nSPS) is 12.2. The van der Waals surface area contributed by atoms with Crippen LogP contribution >= 0.6 is 11.6 Å². The van der Waals surface area contributed by atoms with Crippen LogP contribution in [0.15, 0.2) is 24.3 Å². The number of aliphatic hydroxyl groups is 1. The molecule has 1 aromatic rings. The summed E-state index contributed by atoms with van der Waals surface area (Å²) in [4.78, 5) is 10.2. The fourth-order valence-electron chi connectivity index (χ4n) is 1.06. The van der Waals surface area contributed by atoms with Crippen LogP contribution in [0, 0.1) is 0 Å². The molecule has 3 nitrogen and oxygen atoms in total. The summed E-state index contributed by atoms with van der Waals surface area (Å²) in [6, 6.07) is 6.63. The smallest absolute Gasteiger partial charge is 0.207 e. The zero-order valence-corrected chi connectivity index (χ0v) is 7.66. The summed E-state index contributed by atoms with van der Waals surface area (Å²) in [5.74, 6) is 0. The van der Waals surface area contributed by atoms with Crippen molar-refractivity contribution in [2.45, 2.75) is 6.04 Å². The number of benzene rings is 1. The number of amides is 1. The summed E-state index contributed by atoms with van der Waals surface area (Å²) in [5, 5.41) is 12.0. The summed E-state index contributed by atoms with van der Waals surface area (Å²) < 4.78 is 0. The first kappa shape index (κ1) is 10.0. The molecule has 1 unspecified atom stereocenters. The van der Waals surface area contributed by atoms with E-state index in [4.69, 9.17) is 16.7 Å². The maximum Gasteiger partial charge on any atom is 0.207 e.